The van der Waals surface area contributed by atoms with Crippen molar-refractivity contribution >= 4 is 0 Å². The topological polar surface area (TPSA) is 59.1 Å². The summed E-state index contributed by atoms with van der Waals surface area (Å²) in [5.41, 5.74) is 3.07. The van der Waals surface area contributed by atoms with Gasteiger partial charge in [-0.15, -0.1) is 0 Å². The molecule has 0 amide bonds. The Hall–Kier alpha value is -0.910. The molecule has 1 unspecified atom stereocenters. The summed E-state index contributed by atoms with van der Waals surface area (Å²) >= 11 is 0. The average Bonchev–Trinajstić information content (AvgIpc) is 2.95. The fourth-order valence-corrected chi connectivity index (χ4v) is 3.62. The molecule has 1 heterocycles. The van der Waals surface area contributed by atoms with Crippen LogP contribution in [0.15, 0.2) is 12.4 Å². The standard InChI is InChI=1S/C16H33N5/c1-6-12-20-13-11-18-15(20)14(19-17)16(7-2,8-3)21(9-4)10-5/h11,13-14,19H,6-10,12,17H2,1-5H3. The van der Waals surface area contributed by atoms with Crippen molar-refractivity contribution in [2.24, 2.45) is 5.84 Å². The van der Waals surface area contributed by atoms with Crippen molar-refractivity contribution in [3.63, 3.8) is 0 Å². The number of hydrazine groups is 1. The molecule has 0 saturated heterocycles. The number of rotatable bonds is 10. The second-order valence-electron chi connectivity index (χ2n) is 5.56. The minimum atomic E-state index is -0.00487. The molecule has 0 aromatic carbocycles. The maximum Gasteiger partial charge on any atom is 0.129 e. The first kappa shape index (κ1) is 18.1. The van der Waals surface area contributed by atoms with E-state index in [1.807, 2.05) is 6.20 Å². The molecule has 0 radical (unpaired) electrons. The van der Waals surface area contributed by atoms with Gasteiger partial charge >= 0.3 is 0 Å². The van der Waals surface area contributed by atoms with Gasteiger partial charge in [0.15, 0.2) is 0 Å². The fourth-order valence-electron chi connectivity index (χ4n) is 3.62. The van der Waals surface area contributed by atoms with Gasteiger partial charge in [-0.05, 0) is 32.4 Å². The highest BCUT2D eigenvalue weighted by Gasteiger charge is 2.42. The van der Waals surface area contributed by atoms with Crippen LogP contribution in [0, 0.1) is 0 Å². The Bertz CT molecular complexity index is 393. The highest BCUT2D eigenvalue weighted by Crippen LogP contribution is 2.36. The van der Waals surface area contributed by atoms with E-state index in [0.29, 0.717) is 0 Å². The van der Waals surface area contributed by atoms with Crippen LogP contribution in [0.2, 0.25) is 0 Å². The Morgan fingerprint density at radius 3 is 2.29 bits per heavy atom. The largest absolute Gasteiger partial charge is 0.334 e. The van der Waals surface area contributed by atoms with Crippen LogP contribution >= 0.6 is 0 Å². The van der Waals surface area contributed by atoms with Gasteiger partial charge in [-0.1, -0.05) is 34.6 Å². The summed E-state index contributed by atoms with van der Waals surface area (Å²) in [6, 6.07) is 0.0361. The van der Waals surface area contributed by atoms with Crippen LogP contribution in [-0.4, -0.2) is 33.1 Å². The van der Waals surface area contributed by atoms with E-state index >= 15 is 0 Å². The lowest BCUT2D eigenvalue weighted by Gasteiger charge is -2.47. The fraction of sp³-hybridized carbons (Fsp3) is 0.812. The molecule has 5 heteroatoms. The average molecular weight is 295 g/mol. The molecule has 5 nitrogen and oxygen atoms in total. The Kier molecular flexibility index (Phi) is 7.35. The van der Waals surface area contributed by atoms with Gasteiger partial charge in [0.1, 0.15) is 5.82 Å². The van der Waals surface area contributed by atoms with Crippen molar-refractivity contribution in [3.05, 3.63) is 18.2 Å². The van der Waals surface area contributed by atoms with E-state index in [9.17, 15) is 0 Å². The predicted octanol–water partition coefficient (Wildman–Crippen LogP) is 2.70. The molecule has 21 heavy (non-hydrogen) atoms. The van der Waals surface area contributed by atoms with E-state index in [2.05, 4.69) is 60.7 Å². The minimum absolute atomic E-state index is 0.00487. The third-order valence-corrected chi connectivity index (χ3v) is 4.79. The molecule has 0 aliphatic carbocycles. The van der Waals surface area contributed by atoms with Gasteiger partial charge in [-0.25, -0.2) is 10.4 Å². The van der Waals surface area contributed by atoms with Gasteiger partial charge in [0.2, 0.25) is 0 Å². The van der Waals surface area contributed by atoms with E-state index in [4.69, 9.17) is 5.84 Å². The summed E-state index contributed by atoms with van der Waals surface area (Å²) in [5, 5.41) is 0. The summed E-state index contributed by atoms with van der Waals surface area (Å²) in [5.74, 6) is 7.03. The molecule has 0 fully saturated rings. The normalized spacial score (nSPS) is 13.9. The van der Waals surface area contributed by atoms with Crippen LogP contribution in [0.4, 0.5) is 0 Å². The number of aromatic nitrogens is 2. The summed E-state index contributed by atoms with van der Waals surface area (Å²) in [6.45, 7) is 14.1. The van der Waals surface area contributed by atoms with Gasteiger partial charge in [-0.2, -0.15) is 0 Å². The maximum absolute atomic E-state index is 5.98. The van der Waals surface area contributed by atoms with Crippen LogP contribution in [-0.2, 0) is 6.54 Å². The molecule has 1 atom stereocenters. The van der Waals surface area contributed by atoms with Crippen molar-refractivity contribution in [1.29, 1.82) is 0 Å². The Morgan fingerprint density at radius 1 is 1.24 bits per heavy atom. The Balaban J connectivity index is 3.27. The quantitative estimate of drug-likeness (QED) is 0.515. The molecular weight excluding hydrogens is 262 g/mol. The smallest absolute Gasteiger partial charge is 0.129 e. The number of nitrogens with two attached hydrogens (primary N) is 1. The summed E-state index contributed by atoms with van der Waals surface area (Å²) in [4.78, 5) is 7.13. The van der Waals surface area contributed by atoms with Crippen LogP contribution < -0.4 is 11.3 Å². The zero-order valence-electron chi connectivity index (χ0n) is 14.4. The van der Waals surface area contributed by atoms with Gasteiger partial charge < -0.3 is 4.57 Å². The summed E-state index contributed by atoms with van der Waals surface area (Å²) in [7, 11) is 0. The zero-order chi connectivity index (χ0) is 15.9. The van der Waals surface area contributed by atoms with Crippen LogP contribution in [0.25, 0.3) is 0 Å². The number of hydrogen-bond acceptors (Lipinski definition) is 4. The number of nitrogens with one attached hydrogen (secondary N) is 1. The molecule has 1 rings (SSSR count). The maximum atomic E-state index is 5.98. The predicted molar refractivity (Wildman–Crippen MR) is 88.8 cm³/mol. The summed E-state index contributed by atoms with van der Waals surface area (Å²) < 4.78 is 2.23. The van der Waals surface area contributed by atoms with Crippen molar-refractivity contribution < 1.29 is 0 Å². The lowest BCUT2D eigenvalue weighted by molar-refractivity contribution is 0.0443. The first-order valence-electron chi connectivity index (χ1n) is 8.37. The lowest BCUT2D eigenvalue weighted by atomic mass is 9.82. The number of aryl methyl sites for hydroxylation is 1. The monoisotopic (exact) mass is 295 g/mol. The second kappa shape index (κ2) is 8.51. The molecule has 1 aromatic rings. The van der Waals surface area contributed by atoms with Gasteiger partial charge in [0.05, 0.1) is 6.04 Å². The lowest BCUT2D eigenvalue weighted by Crippen LogP contribution is -2.58. The van der Waals surface area contributed by atoms with Crippen molar-refractivity contribution in [3.8, 4) is 0 Å². The SMILES string of the molecule is CCCn1ccnc1C(NN)C(CC)(CC)N(CC)CC. The number of nitrogens with zero attached hydrogens (tertiary/aromatic N) is 3. The van der Waals surface area contributed by atoms with E-state index in [-0.39, 0.29) is 11.6 Å². The van der Waals surface area contributed by atoms with Crippen LogP contribution in [0.5, 0.6) is 0 Å². The summed E-state index contributed by atoms with van der Waals surface area (Å²) in [6.07, 6.45) is 7.12. The highest BCUT2D eigenvalue weighted by molar-refractivity contribution is 5.10. The van der Waals surface area contributed by atoms with Crippen LogP contribution in [0.3, 0.4) is 0 Å². The van der Waals surface area contributed by atoms with Crippen molar-refractivity contribution in [2.45, 2.75) is 72.0 Å². The van der Waals surface area contributed by atoms with Crippen LogP contribution in [0.1, 0.15) is 65.7 Å². The Morgan fingerprint density at radius 2 is 1.86 bits per heavy atom. The zero-order valence-corrected chi connectivity index (χ0v) is 14.4. The van der Waals surface area contributed by atoms with Crippen molar-refractivity contribution in [1.82, 2.24) is 19.9 Å². The molecule has 0 saturated carbocycles. The van der Waals surface area contributed by atoms with E-state index < -0.39 is 0 Å². The highest BCUT2D eigenvalue weighted by atomic mass is 15.3. The van der Waals surface area contributed by atoms with Crippen molar-refractivity contribution in [2.75, 3.05) is 13.1 Å². The number of likely N-dealkylation sites (N-methyl/N-ethyl adjacent to an activating group) is 1. The Labute approximate surface area is 129 Å². The molecule has 0 spiro atoms. The molecule has 0 aliphatic rings. The van der Waals surface area contributed by atoms with E-state index in [0.717, 1.165) is 44.7 Å². The number of hydrogen-bond donors (Lipinski definition) is 2. The molecule has 0 bridgehead atoms. The molecule has 3 N–H and O–H groups in total. The third-order valence-electron chi connectivity index (χ3n) is 4.79. The third kappa shape index (κ3) is 3.47. The molecular formula is C16H33N5. The molecule has 122 valence electrons. The second-order valence-corrected chi connectivity index (χ2v) is 5.56. The van der Waals surface area contributed by atoms with Gasteiger partial charge in [-0.3, -0.25) is 10.7 Å². The van der Waals surface area contributed by atoms with E-state index in [1.54, 1.807) is 0 Å². The van der Waals surface area contributed by atoms with E-state index in [1.165, 1.54) is 0 Å². The first-order valence-corrected chi connectivity index (χ1v) is 8.37. The van der Waals surface area contributed by atoms with Gasteiger partial charge in [0, 0.05) is 24.5 Å². The first-order chi connectivity index (χ1) is 10.1. The molecule has 0 aliphatic heterocycles. The minimum Gasteiger partial charge on any atom is -0.334 e. The van der Waals surface area contributed by atoms with Gasteiger partial charge in [0.25, 0.3) is 0 Å². The number of imidazole rings is 1. The molecule has 1 aromatic heterocycles.